The summed E-state index contributed by atoms with van der Waals surface area (Å²) in [5.41, 5.74) is 0. The fourth-order valence-electron chi connectivity index (χ4n) is 3.80. The number of amides is 1. The number of carbonyl (C=O) groups is 1. The van der Waals surface area contributed by atoms with Gasteiger partial charge in [0.15, 0.2) is 5.82 Å². The van der Waals surface area contributed by atoms with Gasteiger partial charge in [-0.1, -0.05) is 12.1 Å². The molecule has 3 heterocycles. The average Bonchev–Trinajstić information content (AvgIpc) is 3.11. The predicted octanol–water partition coefficient (Wildman–Crippen LogP) is 1.71. The van der Waals surface area contributed by atoms with E-state index in [4.69, 9.17) is 4.52 Å². The van der Waals surface area contributed by atoms with Crippen LogP contribution in [-0.2, 0) is 11.2 Å². The van der Waals surface area contributed by atoms with Gasteiger partial charge < -0.3 is 9.42 Å². The van der Waals surface area contributed by atoms with E-state index in [9.17, 15) is 4.79 Å². The standard InChI is InChI=1S/C18H31N5O2/c1-4-16-19-18(25-20-16)15(3)22-11-9-21(10-12-22)13-17(24)23-8-6-5-7-14(23)2/h14-15H,4-13H2,1-3H3. The molecule has 1 amide bonds. The maximum atomic E-state index is 12.6. The molecule has 140 valence electrons. The molecule has 2 unspecified atom stereocenters. The number of aromatic nitrogens is 2. The Bertz CT molecular complexity index is 568. The molecule has 2 fully saturated rings. The van der Waals surface area contributed by atoms with Gasteiger partial charge in [-0.2, -0.15) is 4.98 Å². The van der Waals surface area contributed by atoms with Crippen molar-refractivity contribution in [3.05, 3.63) is 11.7 Å². The fraction of sp³-hybridized carbons (Fsp3) is 0.833. The molecule has 2 atom stereocenters. The van der Waals surface area contributed by atoms with Crippen molar-refractivity contribution >= 4 is 5.91 Å². The third-order valence-corrected chi connectivity index (χ3v) is 5.59. The van der Waals surface area contributed by atoms with Crippen LogP contribution < -0.4 is 0 Å². The molecule has 0 bridgehead atoms. The highest BCUT2D eigenvalue weighted by Gasteiger charge is 2.29. The second-order valence-corrected chi connectivity index (χ2v) is 7.32. The van der Waals surface area contributed by atoms with E-state index >= 15 is 0 Å². The lowest BCUT2D eigenvalue weighted by Crippen LogP contribution is -2.52. The van der Waals surface area contributed by atoms with E-state index < -0.39 is 0 Å². The van der Waals surface area contributed by atoms with Crippen LogP contribution in [0.5, 0.6) is 0 Å². The predicted molar refractivity (Wildman–Crippen MR) is 95.1 cm³/mol. The average molecular weight is 349 g/mol. The zero-order chi connectivity index (χ0) is 17.8. The topological polar surface area (TPSA) is 65.7 Å². The maximum absolute atomic E-state index is 12.6. The molecule has 0 aromatic carbocycles. The summed E-state index contributed by atoms with van der Waals surface area (Å²) >= 11 is 0. The monoisotopic (exact) mass is 349 g/mol. The van der Waals surface area contributed by atoms with Gasteiger partial charge in [0, 0.05) is 45.2 Å². The van der Waals surface area contributed by atoms with Gasteiger partial charge in [0.1, 0.15) is 0 Å². The molecule has 3 rings (SSSR count). The first kappa shape index (κ1) is 18.3. The first-order chi connectivity index (χ1) is 12.1. The maximum Gasteiger partial charge on any atom is 0.243 e. The number of nitrogens with zero attached hydrogens (tertiary/aromatic N) is 5. The van der Waals surface area contributed by atoms with Crippen LogP contribution in [-0.4, -0.2) is 76.1 Å². The van der Waals surface area contributed by atoms with Crippen molar-refractivity contribution in [2.24, 2.45) is 0 Å². The van der Waals surface area contributed by atoms with E-state index in [2.05, 4.69) is 38.7 Å². The number of rotatable bonds is 5. The number of hydrogen-bond donors (Lipinski definition) is 0. The Morgan fingerprint density at radius 3 is 2.64 bits per heavy atom. The summed E-state index contributed by atoms with van der Waals surface area (Å²) in [4.78, 5) is 23.7. The van der Waals surface area contributed by atoms with E-state index in [1.54, 1.807) is 0 Å². The van der Waals surface area contributed by atoms with Gasteiger partial charge in [0.05, 0.1) is 12.6 Å². The minimum absolute atomic E-state index is 0.132. The number of piperazine rings is 1. The molecule has 2 aliphatic rings. The molecule has 1 aromatic heterocycles. The smallest absolute Gasteiger partial charge is 0.243 e. The minimum atomic E-state index is 0.132. The lowest BCUT2D eigenvalue weighted by atomic mass is 10.0. The van der Waals surface area contributed by atoms with E-state index in [-0.39, 0.29) is 11.9 Å². The molecule has 0 radical (unpaired) electrons. The van der Waals surface area contributed by atoms with Crippen LogP contribution in [0.15, 0.2) is 4.52 Å². The zero-order valence-corrected chi connectivity index (χ0v) is 15.8. The summed E-state index contributed by atoms with van der Waals surface area (Å²) in [5.74, 6) is 1.75. The zero-order valence-electron chi connectivity index (χ0n) is 15.8. The molecular weight excluding hydrogens is 318 g/mol. The molecule has 7 nitrogen and oxygen atoms in total. The lowest BCUT2D eigenvalue weighted by molar-refractivity contribution is -0.136. The second kappa shape index (κ2) is 8.27. The van der Waals surface area contributed by atoms with Crippen molar-refractivity contribution in [2.45, 2.75) is 58.5 Å². The van der Waals surface area contributed by atoms with E-state index in [0.717, 1.165) is 57.8 Å². The fourth-order valence-corrected chi connectivity index (χ4v) is 3.80. The van der Waals surface area contributed by atoms with Crippen LogP contribution in [0.3, 0.4) is 0 Å². The van der Waals surface area contributed by atoms with Gasteiger partial charge in [-0.15, -0.1) is 0 Å². The third-order valence-electron chi connectivity index (χ3n) is 5.59. The van der Waals surface area contributed by atoms with Gasteiger partial charge in [-0.25, -0.2) is 0 Å². The Morgan fingerprint density at radius 1 is 1.24 bits per heavy atom. The first-order valence-electron chi connectivity index (χ1n) is 9.66. The molecule has 2 saturated heterocycles. The van der Waals surface area contributed by atoms with Crippen LogP contribution in [0.1, 0.15) is 57.8 Å². The van der Waals surface area contributed by atoms with Crippen LogP contribution in [0.4, 0.5) is 0 Å². The van der Waals surface area contributed by atoms with E-state index in [1.807, 2.05) is 6.92 Å². The summed E-state index contributed by atoms with van der Waals surface area (Å²) in [5, 5.41) is 3.99. The summed E-state index contributed by atoms with van der Waals surface area (Å²) in [7, 11) is 0. The van der Waals surface area contributed by atoms with Crippen LogP contribution in [0, 0.1) is 0 Å². The minimum Gasteiger partial charge on any atom is -0.339 e. The molecule has 2 aliphatic heterocycles. The molecule has 1 aromatic rings. The molecule has 0 N–H and O–H groups in total. The van der Waals surface area contributed by atoms with Crippen LogP contribution >= 0.6 is 0 Å². The van der Waals surface area contributed by atoms with Gasteiger partial charge in [-0.3, -0.25) is 14.6 Å². The van der Waals surface area contributed by atoms with E-state index in [0.29, 0.717) is 18.5 Å². The molecule has 0 saturated carbocycles. The van der Waals surface area contributed by atoms with Crippen LogP contribution in [0.25, 0.3) is 0 Å². The second-order valence-electron chi connectivity index (χ2n) is 7.32. The number of piperidine rings is 1. The van der Waals surface area contributed by atoms with Crippen molar-refractivity contribution in [3.63, 3.8) is 0 Å². The van der Waals surface area contributed by atoms with Gasteiger partial charge in [-0.05, 0) is 33.1 Å². The lowest BCUT2D eigenvalue weighted by Gasteiger charge is -2.39. The molecular formula is C18H31N5O2. The van der Waals surface area contributed by atoms with Crippen molar-refractivity contribution in [1.82, 2.24) is 24.8 Å². The summed E-state index contributed by atoms with van der Waals surface area (Å²) in [6, 6.07) is 0.528. The summed E-state index contributed by atoms with van der Waals surface area (Å²) in [6.07, 6.45) is 4.32. The number of likely N-dealkylation sites (tertiary alicyclic amines) is 1. The van der Waals surface area contributed by atoms with Crippen molar-refractivity contribution < 1.29 is 9.32 Å². The highest BCUT2D eigenvalue weighted by atomic mass is 16.5. The highest BCUT2D eigenvalue weighted by Crippen LogP contribution is 2.21. The first-order valence-corrected chi connectivity index (χ1v) is 9.66. The van der Waals surface area contributed by atoms with Gasteiger partial charge in [0.25, 0.3) is 0 Å². The molecule has 0 spiro atoms. The Kier molecular flexibility index (Phi) is 6.06. The molecule has 25 heavy (non-hydrogen) atoms. The van der Waals surface area contributed by atoms with Crippen molar-refractivity contribution in [1.29, 1.82) is 0 Å². The Morgan fingerprint density at radius 2 is 2.00 bits per heavy atom. The Hall–Kier alpha value is -1.47. The van der Waals surface area contributed by atoms with Crippen molar-refractivity contribution in [2.75, 3.05) is 39.3 Å². The van der Waals surface area contributed by atoms with E-state index in [1.165, 1.54) is 6.42 Å². The number of carbonyl (C=O) groups excluding carboxylic acids is 1. The summed E-state index contributed by atoms with van der Waals surface area (Å²) < 4.78 is 5.38. The van der Waals surface area contributed by atoms with Gasteiger partial charge in [0.2, 0.25) is 11.8 Å². The SMILES string of the molecule is CCc1noc(C(C)N2CCN(CC(=O)N3CCCCC3C)CC2)n1. The third kappa shape index (κ3) is 4.39. The van der Waals surface area contributed by atoms with Crippen molar-refractivity contribution in [3.8, 4) is 0 Å². The Labute approximate surface area is 150 Å². The number of hydrogen-bond acceptors (Lipinski definition) is 6. The normalized spacial score (nSPS) is 24.4. The Balaban J connectivity index is 1.47. The molecule has 7 heteroatoms. The summed E-state index contributed by atoms with van der Waals surface area (Å²) in [6.45, 7) is 11.5. The van der Waals surface area contributed by atoms with Crippen LogP contribution in [0.2, 0.25) is 0 Å². The largest absolute Gasteiger partial charge is 0.339 e. The van der Waals surface area contributed by atoms with Gasteiger partial charge >= 0.3 is 0 Å². The molecule has 0 aliphatic carbocycles. The number of aryl methyl sites for hydroxylation is 1. The highest BCUT2D eigenvalue weighted by molar-refractivity contribution is 5.78. The quantitative estimate of drug-likeness (QED) is 0.806.